The normalized spacial score (nSPS) is 12.2. The summed E-state index contributed by atoms with van der Waals surface area (Å²) < 4.78 is 25.7. The van der Waals surface area contributed by atoms with E-state index in [4.69, 9.17) is 0 Å². The fourth-order valence-corrected chi connectivity index (χ4v) is 2.79. The molecule has 0 saturated heterocycles. The number of thiophene rings is 1. The zero-order valence-electron chi connectivity index (χ0n) is 9.31. The summed E-state index contributed by atoms with van der Waals surface area (Å²) in [7, 11) is -3.55. The number of amides is 1. The van der Waals surface area contributed by atoms with Gasteiger partial charge in [0.15, 0.2) is 0 Å². The van der Waals surface area contributed by atoms with E-state index >= 15 is 0 Å². The first kappa shape index (κ1) is 14.4. The van der Waals surface area contributed by atoms with Gasteiger partial charge in [0.05, 0.1) is 5.25 Å². The molecule has 0 aliphatic heterocycles. The number of halogens is 1. The van der Waals surface area contributed by atoms with Crippen LogP contribution >= 0.6 is 27.3 Å². The minimum atomic E-state index is -3.55. The summed E-state index contributed by atoms with van der Waals surface area (Å²) in [6.07, 6.45) is 2.78. The van der Waals surface area contributed by atoms with Gasteiger partial charge in [-0.05, 0) is 41.9 Å². The van der Waals surface area contributed by atoms with Crippen LogP contribution in [0.3, 0.4) is 0 Å². The maximum Gasteiger partial charge on any atom is 0.257 e. The van der Waals surface area contributed by atoms with Crippen molar-refractivity contribution in [3.8, 4) is 0 Å². The van der Waals surface area contributed by atoms with Crippen LogP contribution in [0.4, 0.5) is 0 Å². The molecule has 0 radical (unpaired) electrons. The summed E-state index contributed by atoms with van der Waals surface area (Å²) >= 11 is 4.74. The summed E-state index contributed by atoms with van der Waals surface area (Å²) in [6.45, 7) is 3.02. The Kier molecular flexibility index (Phi) is 4.91. The van der Waals surface area contributed by atoms with Crippen molar-refractivity contribution in [1.29, 1.82) is 0 Å². The van der Waals surface area contributed by atoms with E-state index in [0.29, 0.717) is 0 Å². The topological polar surface area (TPSA) is 63.2 Å². The van der Waals surface area contributed by atoms with Gasteiger partial charge in [-0.15, -0.1) is 11.3 Å². The molecule has 0 unspecified atom stereocenters. The third-order valence-corrected chi connectivity index (χ3v) is 5.24. The van der Waals surface area contributed by atoms with Gasteiger partial charge in [0, 0.05) is 20.8 Å². The van der Waals surface area contributed by atoms with Gasteiger partial charge in [-0.1, -0.05) is 0 Å². The number of carbonyl (C=O) groups is 1. The Morgan fingerprint density at radius 2 is 2.18 bits per heavy atom. The average Bonchev–Trinajstić information content (AvgIpc) is 2.60. The number of nitrogens with one attached hydrogen (secondary N) is 1. The highest BCUT2D eigenvalue weighted by Crippen LogP contribution is 2.20. The Labute approximate surface area is 113 Å². The predicted molar refractivity (Wildman–Crippen MR) is 73.3 cm³/mol. The van der Waals surface area contributed by atoms with Gasteiger partial charge in [-0.3, -0.25) is 4.79 Å². The van der Waals surface area contributed by atoms with Crippen molar-refractivity contribution in [1.82, 2.24) is 4.72 Å². The van der Waals surface area contributed by atoms with Crippen molar-refractivity contribution in [2.45, 2.75) is 19.1 Å². The van der Waals surface area contributed by atoms with Crippen LogP contribution in [-0.4, -0.2) is 19.6 Å². The lowest BCUT2D eigenvalue weighted by Gasteiger charge is -2.06. The third-order valence-electron chi connectivity index (χ3n) is 1.85. The number of hydrogen-bond donors (Lipinski definition) is 1. The quantitative estimate of drug-likeness (QED) is 0.858. The third kappa shape index (κ3) is 4.61. The molecule has 0 saturated carbocycles. The molecule has 0 aliphatic rings. The molecule has 94 valence electrons. The largest absolute Gasteiger partial charge is 0.269 e. The van der Waals surface area contributed by atoms with E-state index in [2.05, 4.69) is 15.9 Å². The minimum absolute atomic E-state index is 0.629. The molecule has 1 aromatic rings. The number of rotatable bonds is 4. The van der Waals surface area contributed by atoms with Crippen LogP contribution in [0, 0.1) is 0 Å². The summed E-state index contributed by atoms with van der Waals surface area (Å²) in [4.78, 5) is 12.2. The molecule has 0 spiro atoms. The Hall–Kier alpha value is -0.660. The maximum absolute atomic E-state index is 11.4. The van der Waals surface area contributed by atoms with E-state index in [1.54, 1.807) is 6.08 Å². The standard InChI is InChI=1S/C10H12BrNO3S2/c1-7(2)17(14,15)12-10(13)4-3-9-5-8(11)6-16-9/h3-7H,1-2H3,(H,12,13)/b4-3+. The van der Waals surface area contributed by atoms with Crippen LogP contribution < -0.4 is 4.72 Å². The average molecular weight is 338 g/mol. The summed E-state index contributed by atoms with van der Waals surface area (Å²) in [5.41, 5.74) is 0. The first-order valence-corrected chi connectivity index (χ1v) is 8.01. The van der Waals surface area contributed by atoms with Crippen molar-refractivity contribution in [2.75, 3.05) is 0 Å². The van der Waals surface area contributed by atoms with Gasteiger partial charge < -0.3 is 0 Å². The molecule has 0 aliphatic carbocycles. The van der Waals surface area contributed by atoms with Crippen LogP contribution in [0.15, 0.2) is 22.0 Å². The van der Waals surface area contributed by atoms with Crippen LogP contribution in [0.1, 0.15) is 18.7 Å². The molecule has 1 amide bonds. The van der Waals surface area contributed by atoms with Gasteiger partial charge in [-0.2, -0.15) is 0 Å². The Morgan fingerprint density at radius 3 is 2.65 bits per heavy atom. The van der Waals surface area contributed by atoms with E-state index in [1.165, 1.54) is 31.3 Å². The molecule has 4 nitrogen and oxygen atoms in total. The van der Waals surface area contributed by atoms with Gasteiger partial charge in [0.2, 0.25) is 10.0 Å². The Morgan fingerprint density at radius 1 is 1.53 bits per heavy atom. The smallest absolute Gasteiger partial charge is 0.257 e. The highest BCUT2D eigenvalue weighted by Gasteiger charge is 2.17. The van der Waals surface area contributed by atoms with E-state index in [9.17, 15) is 13.2 Å². The second-order valence-electron chi connectivity index (χ2n) is 3.56. The van der Waals surface area contributed by atoms with Crippen molar-refractivity contribution < 1.29 is 13.2 Å². The zero-order chi connectivity index (χ0) is 13.1. The van der Waals surface area contributed by atoms with Crippen molar-refractivity contribution in [3.63, 3.8) is 0 Å². The molecule has 1 N–H and O–H groups in total. The van der Waals surface area contributed by atoms with Crippen LogP contribution in [-0.2, 0) is 14.8 Å². The second kappa shape index (κ2) is 5.79. The minimum Gasteiger partial charge on any atom is -0.269 e. The van der Waals surface area contributed by atoms with Crippen molar-refractivity contribution >= 4 is 49.3 Å². The fraction of sp³-hybridized carbons (Fsp3) is 0.300. The molecular weight excluding hydrogens is 326 g/mol. The Bertz CT molecular complexity index is 532. The molecule has 0 atom stereocenters. The summed E-state index contributed by atoms with van der Waals surface area (Å²) in [6, 6.07) is 1.84. The lowest BCUT2D eigenvalue weighted by atomic mass is 10.4. The van der Waals surface area contributed by atoms with Gasteiger partial charge in [-0.25, -0.2) is 13.1 Å². The molecular formula is C10H12BrNO3S2. The first-order chi connectivity index (χ1) is 7.81. The SMILES string of the molecule is CC(C)S(=O)(=O)NC(=O)/C=C/c1cc(Br)cs1. The summed E-state index contributed by atoms with van der Waals surface area (Å²) in [5, 5.41) is 1.25. The monoisotopic (exact) mass is 337 g/mol. The highest BCUT2D eigenvalue weighted by atomic mass is 79.9. The lowest BCUT2D eigenvalue weighted by Crippen LogP contribution is -2.34. The van der Waals surface area contributed by atoms with Gasteiger partial charge in [0.25, 0.3) is 5.91 Å². The highest BCUT2D eigenvalue weighted by molar-refractivity contribution is 9.10. The number of hydrogen-bond acceptors (Lipinski definition) is 4. The Balaban J connectivity index is 2.65. The summed E-state index contributed by atoms with van der Waals surface area (Å²) in [5.74, 6) is -0.636. The second-order valence-corrected chi connectivity index (χ2v) is 7.66. The van der Waals surface area contributed by atoms with Crippen molar-refractivity contribution in [3.05, 3.63) is 26.9 Å². The van der Waals surface area contributed by atoms with Gasteiger partial charge in [0.1, 0.15) is 0 Å². The van der Waals surface area contributed by atoms with E-state index in [0.717, 1.165) is 9.35 Å². The molecule has 0 aromatic carbocycles. The molecule has 17 heavy (non-hydrogen) atoms. The van der Waals surface area contributed by atoms with E-state index in [1.807, 2.05) is 16.2 Å². The first-order valence-electron chi connectivity index (χ1n) is 4.79. The molecule has 1 heterocycles. The molecule has 0 bridgehead atoms. The van der Waals surface area contributed by atoms with Gasteiger partial charge >= 0.3 is 0 Å². The maximum atomic E-state index is 11.4. The molecule has 7 heteroatoms. The molecule has 1 aromatic heterocycles. The zero-order valence-corrected chi connectivity index (χ0v) is 12.5. The molecule has 1 rings (SSSR count). The van der Waals surface area contributed by atoms with Crippen LogP contribution in [0.25, 0.3) is 6.08 Å². The van der Waals surface area contributed by atoms with Crippen LogP contribution in [0.2, 0.25) is 0 Å². The van der Waals surface area contributed by atoms with E-state index < -0.39 is 21.2 Å². The predicted octanol–water partition coefficient (Wildman–Crippen LogP) is 2.38. The number of carbonyl (C=O) groups excluding carboxylic acids is 1. The van der Waals surface area contributed by atoms with Crippen molar-refractivity contribution in [2.24, 2.45) is 0 Å². The van der Waals surface area contributed by atoms with E-state index in [-0.39, 0.29) is 0 Å². The fourth-order valence-electron chi connectivity index (χ4n) is 0.866. The number of sulfonamides is 1. The lowest BCUT2D eigenvalue weighted by molar-refractivity contribution is -0.114. The van der Waals surface area contributed by atoms with Crippen LogP contribution in [0.5, 0.6) is 0 Å². The molecule has 0 fully saturated rings.